The zero-order valence-electron chi connectivity index (χ0n) is 9.24. The largest absolute Gasteiger partial charge is 0.368 e. The van der Waals surface area contributed by atoms with E-state index in [1.165, 1.54) is 6.07 Å². The van der Waals surface area contributed by atoms with Gasteiger partial charge in [-0.2, -0.15) is 0 Å². The van der Waals surface area contributed by atoms with Crippen LogP contribution in [0.4, 0.5) is 10.1 Å². The van der Waals surface area contributed by atoms with Crippen LogP contribution in [-0.2, 0) is 11.3 Å². The summed E-state index contributed by atoms with van der Waals surface area (Å²) in [5.41, 5.74) is 11.6. The van der Waals surface area contributed by atoms with Crippen molar-refractivity contribution in [2.45, 2.75) is 13.5 Å². The van der Waals surface area contributed by atoms with Crippen molar-refractivity contribution in [2.75, 3.05) is 18.0 Å². The van der Waals surface area contributed by atoms with Crippen molar-refractivity contribution in [1.82, 2.24) is 0 Å². The minimum atomic E-state index is -0.440. The third kappa shape index (κ3) is 2.93. The number of carbonyl (C=O) groups is 1. The molecule has 0 aliphatic heterocycles. The minimum absolute atomic E-state index is 0.0813. The Morgan fingerprint density at radius 3 is 2.62 bits per heavy atom. The maximum absolute atomic E-state index is 13.5. The van der Waals surface area contributed by atoms with Crippen LogP contribution in [0.5, 0.6) is 0 Å². The van der Waals surface area contributed by atoms with E-state index in [2.05, 4.69) is 0 Å². The number of amides is 1. The molecule has 88 valence electrons. The van der Waals surface area contributed by atoms with Gasteiger partial charge in [0.15, 0.2) is 0 Å². The van der Waals surface area contributed by atoms with Crippen LogP contribution in [0.15, 0.2) is 18.2 Å². The van der Waals surface area contributed by atoms with E-state index >= 15 is 0 Å². The van der Waals surface area contributed by atoms with Crippen LogP contribution in [0, 0.1) is 5.82 Å². The average molecular weight is 225 g/mol. The number of nitrogens with two attached hydrogens (primary N) is 2. The molecule has 0 radical (unpaired) electrons. The molecule has 0 fully saturated rings. The van der Waals surface area contributed by atoms with Gasteiger partial charge < -0.3 is 16.4 Å². The van der Waals surface area contributed by atoms with Crippen LogP contribution >= 0.6 is 0 Å². The first-order chi connectivity index (χ1) is 7.58. The Morgan fingerprint density at radius 2 is 2.19 bits per heavy atom. The quantitative estimate of drug-likeness (QED) is 0.770. The topological polar surface area (TPSA) is 72.3 Å². The molecule has 16 heavy (non-hydrogen) atoms. The van der Waals surface area contributed by atoms with E-state index in [1.807, 2.05) is 6.92 Å². The number of anilines is 1. The van der Waals surface area contributed by atoms with Crippen molar-refractivity contribution in [1.29, 1.82) is 0 Å². The molecule has 0 spiro atoms. The van der Waals surface area contributed by atoms with Gasteiger partial charge >= 0.3 is 0 Å². The number of rotatable bonds is 5. The van der Waals surface area contributed by atoms with E-state index in [0.717, 1.165) is 0 Å². The van der Waals surface area contributed by atoms with E-state index in [9.17, 15) is 9.18 Å². The van der Waals surface area contributed by atoms with Crippen molar-refractivity contribution in [3.63, 3.8) is 0 Å². The summed E-state index contributed by atoms with van der Waals surface area (Å²) < 4.78 is 13.5. The summed E-state index contributed by atoms with van der Waals surface area (Å²) in [6, 6.07) is 4.72. The Labute approximate surface area is 94.0 Å². The molecule has 0 aliphatic rings. The third-order valence-electron chi connectivity index (χ3n) is 2.35. The normalized spacial score (nSPS) is 10.2. The highest BCUT2D eigenvalue weighted by Gasteiger charge is 2.09. The minimum Gasteiger partial charge on any atom is -0.368 e. The molecule has 1 rings (SSSR count). The first-order valence-electron chi connectivity index (χ1n) is 5.10. The molecule has 0 atom stereocenters. The fraction of sp³-hybridized carbons (Fsp3) is 0.364. The summed E-state index contributed by atoms with van der Waals surface area (Å²) in [6.45, 7) is 2.70. The van der Waals surface area contributed by atoms with Gasteiger partial charge in [-0.3, -0.25) is 4.79 Å². The van der Waals surface area contributed by atoms with Gasteiger partial charge in [0.25, 0.3) is 0 Å². The van der Waals surface area contributed by atoms with Crippen molar-refractivity contribution >= 4 is 11.6 Å². The molecule has 0 unspecified atom stereocenters. The lowest BCUT2D eigenvalue weighted by Gasteiger charge is -2.21. The molecule has 1 aromatic carbocycles. The fourth-order valence-corrected chi connectivity index (χ4v) is 1.47. The molecule has 0 heterocycles. The standard InChI is InChI=1S/C11H16FN3O/c1-2-15(7-11(14)16)9-4-3-8(6-13)10(12)5-9/h3-5H,2,6-7,13H2,1H3,(H2,14,16). The second-order valence-electron chi connectivity index (χ2n) is 3.46. The van der Waals surface area contributed by atoms with Gasteiger partial charge in [-0.1, -0.05) is 6.07 Å². The molecular formula is C11H16FN3O. The lowest BCUT2D eigenvalue weighted by molar-refractivity contribution is -0.116. The summed E-state index contributed by atoms with van der Waals surface area (Å²) >= 11 is 0. The molecule has 0 bridgehead atoms. The number of primary amides is 1. The van der Waals surface area contributed by atoms with E-state index < -0.39 is 5.91 Å². The lowest BCUT2D eigenvalue weighted by atomic mass is 10.2. The van der Waals surface area contributed by atoms with Crippen LogP contribution in [-0.4, -0.2) is 19.0 Å². The number of hydrogen-bond acceptors (Lipinski definition) is 3. The number of carbonyl (C=O) groups excluding carboxylic acids is 1. The predicted molar refractivity (Wildman–Crippen MR) is 61.4 cm³/mol. The van der Waals surface area contributed by atoms with Gasteiger partial charge in [0.2, 0.25) is 5.91 Å². The summed E-state index contributed by atoms with van der Waals surface area (Å²) in [5.74, 6) is -0.798. The Balaban J connectivity index is 2.93. The third-order valence-corrected chi connectivity index (χ3v) is 2.35. The second-order valence-corrected chi connectivity index (χ2v) is 3.46. The zero-order chi connectivity index (χ0) is 12.1. The number of likely N-dealkylation sites (N-methyl/N-ethyl adjacent to an activating group) is 1. The Bertz CT molecular complexity index is 381. The molecule has 1 amide bonds. The first-order valence-corrected chi connectivity index (χ1v) is 5.10. The predicted octanol–water partition coefficient (Wildman–Crippen LogP) is 0.596. The maximum atomic E-state index is 13.5. The Hall–Kier alpha value is -1.62. The number of halogens is 1. The number of benzene rings is 1. The molecule has 5 heteroatoms. The first kappa shape index (κ1) is 12.4. The van der Waals surface area contributed by atoms with E-state index in [-0.39, 0.29) is 18.9 Å². The molecule has 4 N–H and O–H groups in total. The van der Waals surface area contributed by atoms with Gasteiger partial charge in [-0.05, 0) is 19.1 Å². The highest BCUT2D eigenvalue weighted by molar-refractivity contribution is 5.79. The van der Waals surface area contributed by atoms with Crippen LogP contribution in [0.25, 0.3) is 0 Å². The molecular weight excluding hydrogens is 209 g/mol. The molecule has 0 saturated carbocycles. The van der Waals surface area contributed by atoms with Crippen LogP contribution in [0.3, 0.4) is 0 Å². The molecule has 4 nitrogen and oxygen atoms in total. The van der Waals surface area contributed by atoms with Crippen molar-refractivity contribution in [3.05, 3.63) is 29.6 Å². The second kappa shape index (κ2) is 5.46. The lowest BCUT2D eigenvalue weighted by Crippen LogP contribution is -2.33. The monoisotopic (exact) mass is 225 g/mol. The van der Waals surface area contributed by atoms with Gasteiger partial charge in [0.1, 0.15) is 5.82 Å². The van der Waals surface area contributed by atoms with Crippen molar-refractivity contribution < 1.29 is 9.18 Å². The summed E-state index contributed by atoms with van der Waals surface area (Å²) in [6.07, 6.45) is 0. The van der Waals surface area contributed by atoms with Crippen LogP contribution in [0.1, 0.15) is 12.5 Å². The summed E-state index contributed by atoms with van der Waals surface area (Å²) in [4.78, 5) is 12.5. The SMILES string of the molecule is CCN(CC(N)=O)c1ccc(CN)c(F)c1. The van der Waals surface area contributed by atoms with Gasteiger partial charge in [0, 0.05) is 24.3 Å². The highest BCUT2D eigenvalue weighted by atomic mass is 19.1. The van der Waals surface area contributed by atoms with E-state index in [1.54, 1.807) is 17.0 Å². The number of nitrogens with zero attached hydrogens (tertiary/aromatic N) is 1. The maximum Gasteiger partial charge on any atom is 0.236 e. The van der Waals surface area contributed by atoms with Crippen LogP contribution in [0.2, 0.25) is 0 Å². The van der Waals surface area contributed by atoms with E-state index in [0.29, 0.717) is 17.8 Å². The average Bonchev–Trinajstić information content (AvgIpc) is 2.25. The molecule has 0 saturated heterocycles. The van der Waals surface area contributed by atoms with Crippen molar-refractivity contribution in [2.24, 2.45) is 11.5 Å². The highest BCUT2D eigenvalue weighted by Crippen LogP contribution is 2.18. The molecule has 0 aliphatic carbocycles. The van der Waals surface area contributed by atoms with Gasteiger partial charge in [-0.15, -0.1) is 0 Å². The van der Waals surface area contributed by atoms with E-state index in [4.69, 9.17) is 11.5 Å². The zero-order valence-corrected chi connectivity index (χ0v) is 9.24. The molecule has 1 aromatic rings. The van der Waals surface area contributed by atoms with Gasteiger partial charge in [-0.25, -0.2) is 4.39 Å². The number of hydrogen-bond donors (Lipinski definition) is 2. The summed E-state index contributed by atoms with van der Waals surface area (Å²) in [5, 5.41) is 0. The van der Waals surface area contributed by atoms with Crippen LogP contribution < -0.4 is 16.4 Å². The molecule has 0 aromatic heterocycles. The van der Waals surface area contributed by atoms with Gasteiger partial charge in [0.05, 0.1) is 6.54 Å². The van der Waals surface area contributed by atoms with Crippen molar-refractivity contribution in [3.8, 4) is 0 Å². The summed E-state index contributed by atoms with van der Waals surface area (Å²) in [7, 11) is 0. The Morgan fingerprint density at radius 1 is 1.50 bits per heavy atom. The fourth-order valence-electron chi connectivity index (χ4n) is 1.47. The Kier molecular flexibility index (Phi) is 4.25. The smallest absolute Gasteiger partial charge is 0.236 e.